The average Bonchev–Trinajstić information content (AvgIpc) is 3.08. The van der Waals surface area contributed by atoms with Crippen molar-refractivity contribution in [2.45, 2.75) is 19.6 Å². The molecule has 1 N–H and O–H groups in total. The lowest BCUT2D eigenvalue weighted by Gasteiger charge is -2.14. The molecule has 7 nitrogen and oxygen atoms in total. The van der Waals surface area contributed by atoms with Gasteiger partial charge >= 0.3 is 5.97 Å². The van der Waals surface area contributed by atoms with E-state index in [1.54, 1.807) is 24.3 Å². The zero-order chi connectivity index (χ0) is 24.4. The number of ether oxygens (including phenoxy) is 1. The molecule has 1 heterocycles. The van der Waals surface area contributed by atoms with Crippen LogP contribution < -0.4 is 10.2 Å². The Morgan fingerprint density at radius 3 is 2.29 bits per heavy atom. The van der Waals surface area contributed by atoms with E-state index in [1.165, 1.54) is 49.4 Å². The number of anilines is 1. The summed E-state index contributed by atoms with van der Waals surface area (Å²) >= 11 is 5.87. The molecule has 0 saturated carbocycles. The maximum atomic E-state index is 13.0. The molecule has 4 rings (SSSR count). The van der Waals surface area contributed by atoms with Gasteiger partial charge in [-0.05, 0) is 67.1 Å². The van der Waals surface area contributed by atoms with Crippen molar-refractivity contribution in [2.75, 3.05) is 4.90 Å². The van der Waals surface area contributed by atoms with Crippen LogP contribution in [-0.4, -0.2) is 29.8 Å². The van der Waals surface area contributed by atoms with Gasteiger partial charge in [0.1, 0.15) is 5.82 Å². The highest BCUT2D eigenvalue weighted by Gasteiger charge is 2.37. The van der Waals surface area contributed by atoms with Gasteiger partial charge in [0.25, 0.3) is 17.7 Å². The van der Waals surface area contributed by atoms with Gasteiger partial charge in [-0.3, -0.25) is 14.4 Å². The van der Waals surface area contributed by atoms with E-state index >= 15 is 0 Å². The Morgan fingerprint density at radius 2 is 1.62 bits per heavy atom. The second-order valence-corrected chi connectivity index (χ2v) is 8.01. The molecule has 3 amide bonds. The first kappa shape index (κ1) is 23.1. The molecule has 1 atom stereocenters. The standard InChI is InChI=1S/C25H18ClFN2O5/c1-14(22(30)28-13-15-2-7-18(27)8-3-15)34-25(33)16-4-11-20-21(12-16)24(32)29(23(20)31)19-9-5-17(26)6-10-19/h2-12,14H,13H2,1H3,(H,28,30). The Balaban J connectivity index is 1.42. The van der Waals surface area contributed by atoms with Gasteiger partial charge in [-0.1, -0.05) is 23.7 Å². The molecule has 172 valence electrons. The van der Waals surface area contributed by atoms with E-state index in [1.807, 2.05) is 0 Å². The van der Waals surface area contributed by atoms with Crippen LogP contribution >= 0.6 is 11.6 Å². The lowest BCUT2D eigenvalue weighted by atomic mass is 10.1. The summed E-state index contributed by atoms with van der Waals surface area (Å²) in [6.07, 6.45) is -1.12. The molecule has 0 aliphatic carbocycles. The smallest absolute Gasteiger partial charge is 0.338 e. The first-order valence-electron chi connectivity index (χ1n) is 10.3. The molecule has 1 unspecified atom stereocenters. The maximum absolute atomic E-state index is 13.0. The van der Waals surface area contributed by atoms with Gasteiger partial charge < -0.3 is 10.1 Å². The number of hydrogen-bond acceptors (Lipinski definition) is 5. The Labute approximate surface area is 199 Å². The van der Waals surface area contributed by atoms with Crippen LogP contribution in [0, 0.1) is 5.82 Å². The molecule has 1 aliphatic heterocycles. The van der Waals surface area contributed by atoms with E-state index < -0.39 is 29.8 Å². The maximum Gasteiger partial charge on any atom is 0.338 e. The third-order valence-electron chi connectivity index (χ3n) is 5.24. The highest BCUT2D eigenvalue weighted by atomic mass is 35.5. The molecular formula is C25H18ClFN2O5. The Hall–Kier alpha value is -4.04. The molecule has 9 heteroatoms. The summed E-state index contributed by atoms with van der Waals surface area (Å²) in [7, 11) is 0. The second kappa shape index (κ2) is 9.44. The topological polar surface area (TPSA) is 92.8 Å². The zero-order valence-electron chi connectivity index (χ0n) is 17.9. The number of hydrogen-bond donors (Lipinski definition) is 1. The molecule has 0 fully saturated rings. The molecule has 3 aromatic carbocycles. The Kier molecular flexibility index (Phi) is 6.43. The summed E-state index contributed by atoms with van der Waals surface area (Å²) in [5, 5.41) is 3.06. The zero-order valence-corrected chi connectivity index (χ0v) is 18.6. The van der Waals surface area contributed by atoms with Gasteiger partial charge in [0.2, 0.25) is 0 Å². The van der Waals surface area contributed by atoms with Gasteiger partial charge in [0.05, 0.1) is 22.4 Å². The molecule has 0 bridgehead atoms. The van der Waals surface area contributed by atoms with Crippen LogP contribution in [0.2, 0.25) is 5.02 Å². The fraction of sp³-hybridized carbons (Fsp3) is 0.120. The lowest BCUT2D eigenvalue weighted by Crippen LogP contribution is -2.35. The number of carbonyl (C=O) groups is 4. The van der Waals surface area contributed by atoms with Crippen molar-refractivity contribution in [3.8, 4) is 0 Å². The van der Waals surface area contributed by atoms with Crippen molar-refractivity contribution < 1.29 is 28.3 Å². The van der Waals surface area contributed by atoms with E-state index in [-0.39, 0.29) is 29.1 Å². The number of halogens is 2. The number of fused-ring (bicyclic) bond motifs is 1. The van der Waals surface area contributed by atoms with Gasteiger partial charge in [0, 0.05) is 11.6 Å². The third kappa shape index (κ3) is 4.67. The number of rotatable bonds is 6. The number of nitrogens with one attached hydrogen (secondary N) is 1. The number of nitrogens with zero attached hydrogens (tertiary/aromatic N) is 1. The highest BCUT2D eigenvalue weighted by molar-refractivity contribution is 6.35. The minimum absolute atomic E-state index is 0.0241. The molecule has 34 heavy (non-hydrogen) atoms. The molecule has 0 aromatic heterocycles. The monoisotopic (exact) mass is 480 g/mol. The van der Waals surface area contributed by atoms with Crippen LogP contribution in [0.25, 0.3) is 0 Å². The minimum Gasteiger partial charge on any atom is -0.449 e. The average molecular weight is 481 g/mol. The van der Waals surface area contributed by atoms with Gasteiger partial charge in [-0.15, -0.1) is 0 Å². The van der Waals surface area contributed by atoms with Crippen LogP contribution in [-0.2, 0) is 16.1 Å². The third-order valence-corrected chi connectivity index (χ3v) is 5.49. The molecule has 1 aliphatic rings. The van der Waals surface area contributed by atoms with Crippen molar-refractivity contribution in [1.82, 2.24) is 5.32 Å². The second-order valence-electron chi connectivity index (χ2n) is 7.57. The van der Waals surface area contributed by atoms with Crippen molar-refractivity contribution in [1.29, 1.82) is 0 Å². The van der Waals surface area contributed by atoms with Gasteiger partial charge in [-0.2, -0.15) is 0 Å². The number of benzene rings is 3. The van der Waals surface area contributed by atoms with Crippen molar-refractivity contribution in [2.24, 2.45) is 0 Å². The first-order valence-corrected chi connectivity index (χ1v) is 10.6. The van der Waals surface area contributed by atoms with Crippen LogP contribution in [0.3, 0.4) is 0 Å². The van der Waals surface area contributed by atoms with E-state index in [4.69, 9.17) is 16.3 Å². The van der Waals surface area contributed by atoms with E-state index in [9.17, 15) is 23.6 Å². The predicted octanol–water partition coefficient (Wildman–Crippen LogP) is 4.14. The first-order chi connectivity index (χ1) is 16.2. The van der Waals surface area contributed by atoms with E-state index in [2.05, 4.69) is 5.32 Å². The quantitative estimate of drug-likeness (QED) is 0.423. The van der Waals surface area contributed by atoms with Crippen LogP contribution in [0.1, 0.15) is 43.6 Å². The number of esters is 1. The predicted molar refractivity (Wildman–Crippen MR) is 122 cm³/mol. The van der Waals surface area contributed by atoms with Gasteiger partial charge in [0.15, 0.2) is 6.10 Å². The molecule has 0 saturated heterocycles. The summed E-state index contributed by atoms with van der Waals surface area (Å²) < 4.78 is 18.2. The summed E-state index contributed by atoms with van der Waals surface area (Å²) in [5.41, 5.74) is 1.27. The Morgan fingerprint density at radius 1 is 0.971 bits per heavy atom. The summed E-state index contributed by atoms with van der Waals surface area (Å²) in [5.74, 6) is -2.85. The number of amides is 3. The van der Waals surface area contributed by atoms with E-state index in [0.717, 1.165) is 4.90 Å². The molecule has 3 aromatic rings. The van der Waals surface area contributed by atoms with Gasteiger partial charge in [-0.25, -0.2) is 14.1 Å². The summed E-state index contributed by atoms with van der Waals surface area (Å²) in [6, 6.07) is 15.8. The van der Waals surface area contributed by atoms with Crippen molar-refractivity contribution in [3.63, 3.8) is 0 Å². The van der Waals surface area contributed by atoms with Crippen molar-refractivity contribution in [3.05, 3.63) is 99.8 Å². The largest absolute Gasteiger partial charge is 0.449 e. The van der Waals surface area contributed by atoms with Crippen LogP contribution in [0.4, 0.5) is 10.1 Å². The van der Waals surface area contributed by atoms with Crippen LogP contribution in [0.15, 0.2) is 66.7 Å². The highest BCUT2D eigenvalue weighted by Crippen LogP contribution is 2.30. The molecular weight excluding hydrogens is 463 g/mol. The van der Waals surface area contributed by atoms with Crippen molar-refractivity contribution >= 4 is 41.0 Å². The summed E-state index contributed by atoms with van der Waals surface area (Å²) in [6.45, 7) is 1.54. The number of imide groups is 1. The van der Waals surface area contributed by atoms with E-state index in [0.29, 0.717) is 16.3 Å². The fourth-order valence-electron chi connectivity index (χ4n) is 3.41. The molecule has 0 spiro atoms. The summed E-state index contributed by atoms with van der Waals surface area (Å²) in [4.78, 5) is 51.5. The fourth-order valence-corrected chi connectivity index (χ4v) is 3.54. The number of carbonyl (C=O) groups excluding carboxylic acids is 4. The Bertz CT molecular complexity index is 1290. The normalized spacial score (nSPS) is 13.4. The molecule has 0 radical (unpaired) electrons. The lowest BCUT2D eigenvalue weighted by molar-refractivity contribution is -0.129. The SMILES string of the molecule is CC(OC(=O)c1ccc2c(c1)C(=O)N(c1ccc(Cl)cc1)C2=O)C(=O)NCc1ccc(F)cc1. The minimum atomic E-state index is -1.12. The van der Waals surface area contributed by atoms with Crippen LogP contribution in [0.5, 0.6) is 0 Å².